The van der Waals surface area contributed by atoms with E-state index in [1.54, 1.807) is 30.7 Å². The maximum Gasteiger partial charge on any atom is 0.205 e. The average molecular weight is 301 g/mol. The van der Waals surface area contributed by atoms with Crippen molar-refractivity contribution in [1.29, 1.82) is 5.26 Å². The molecule has 0 aliphatic rings. The maximum absolute atomic E-state index is 12.7. The molecule has 0 unspecified atom stereocenters. The van der Waals surface area contributed by atoms with Crippen molar-refractivity contribution in [2.45, 2.75) is 13.3 Å². The normalized spacial score (nSPS) is 11.4. The first-order valence-corrected chi connectivity index (χ1v) is 7.40. The average Bonchev–Trinajstić information content (AvgIpc) is 3.04. The maximum atomic E-state index is 12.7. The van der Waals surface area contributed by atoms with Gasteiger partial charge in [0.25, 0.3) is 0 Å². The van der Waals surface area contributed by atoms with Crippen molar-refractivity contribution in [1.82, 2.24) is 9.97 Å². The van der Waals surface area contributed by atoms with Gasteiger partial charge < -0.3 is 4.98 Å². The van der Waals surface area contributed by atoms with Gasteiger partial charge in [0.2, 0.25) is 5.78 Å². The number of para-hydroxylation sites is 1. The van der Waals surface area contributed by atoms with Gasteiger partial charge in [0.05, 0.1) is 0 Å². The number of benzene rings is 1. The minimum absolute atomic E-state index is 0.0980. The smallest absolute Gasteiger partial charge is 0.205 e. The third-order valence-corrected chi connectivity index (χ3v) is 3.79. The third kappa shape index (κ3) is 2.77. The highest BCUT2D eigenvalue weighted by atomic mass is 16.1. The Morgan fingerprint density at radius 2 is 2.22 bits per heavy atom. The van der Waals surface area contributed by atoms with Gasteiger partial charge in [-0.1, -0.05) is 31.2 Å². The number of hydrogen-bond donors (Lipinski definition) is 1. The molecule has 0 aliphatic carbocycles. The molecular weight excluding hydrogens is 286 g/mol. The lowest BCUT2D eigenvalue weighted by atomic mass is 10.00. The Morgan fingerprint density at radius 3 is 2.91 bits per heavy atom. The molecule has 0 amide bonds. The molecule has 2 aromatic heterocycles. The number of carbonyl (C=O) groups excluding carboxylic acids is 1. The highest BCUT2D eigenvalue weighted by Crippen LogP contribution is 2.24. The molecule has 0 bridgehead atoms. The van der Waals surface area contributed by atoms with Crippen LogP contribution in [-0.4, -0.2) is 15.8 Å². The van der Waals surface area contributed by atoms with Crippen LogP contribution in [0.25, 0.3) is 17.0 Å². The van der Waals surface area contributed by atoms with Crippen molar-refractivity contribution < 1.29 is 4.79 Å². The minimum Gasteiger partial charge on any atom is -0.360 e. The van der Waals surface area contributed by atoms with Crippen LogP contribution in [0.4, 0.5) is 0 Å². The first-order chi connectivity index (χ1) is 11.2. The fourth-order valence-corrected chi connectivity index (χ4v) is 2.62. The van der Waals surface area contributed by atoms with Crippen LogP contribution in [0.5, 0.6) is 0 Å². The summed E-state index contributed by atoms with van der Waals surface area (Å²) in [6.07, 6.45) is 7.40. The van der Waals surface area contributed by atoms with Gasteiger partial charge in [-0.25, -0.2) is 0 Å². The number of aromatic nitrogens is 2. The topological polar surface area (TPSA) is 69.5 Å². The predicted octanol–water partition coefficient (Wildman–Crippen LogP) is 3.92. The highest BCUT2D eigenvalue weighted by Gasteiger charge is 2.17. The van der Waals surface area contributed by atoms with E-state index in [-0.39, 0.29) is 11.4 Å². The lowest BCUT2D eigenvalue weighted by Crippen LogP contribution is -2.01. The minimum atomic E-state index is -0.282. The van der Waals surface area contributed by atoms with Crippen LogP contribution in [0.1, 0.15) is 28.4 Å². The zero-order chi connectivity index (χ0) is 16.2. The molecule has 2 heterocycles. The van der Waals surface area contributed by atoms with E-state index in [1.165, 1.54) is 0 Å². The quantitative estimate of drug-likeness (QED) is 0.451. The largest absolute Gasteiger partial charge is 0.360 e. The molecule has 0 aliphatic heterocycles. The third-order valence-electron chi connectivity index (χ3n) is 3.79. The number of Topliss-reactive ketones (excluding diaryl/α,β-unsaturated/α-hetero) is 1. The second kappa shape index (κ2) is 6.29. The zero-order valence-corrected chi connectivity index (χ0v) is 12.7. The summed E-state index contributed by atoms with van der Waals surface area (Å²) in [5, 5.41) is 10.2. The molecule has 4 heteroatoms. The number of hydrogen-bond acceptors (Lipinski definition) is 3. The van der Waals surface area contributed by atoms with Crippen LogP contribution in [-0.2, 0) is 6.42 Å². The van der Waals surface area contributed by atoms with E-state index < -0.39 is 0 Å². The molecule has 0 atom stereocenters. The highest BCUT2D eigenvalue weighted by molar-refractivity contribution is 6.20. The van der Waals surface area contributed by atoms with Crippen LogP contribution in [0.15, 0.2) is 54.5 Å². The van der Waals surface area contributed by atoms with Gasteiger partial charge in [0, 0.05) is 35.1 Å². The molecule has 1 aromatic carbocycles. The second-order valence-corrected chi connectivity index (χ2v) is 5.18. The first-order valence-electron chi connectivity index (χ1n) is 7.40. The van der Waals surface area contributed by atoms with Crippen molar-refractivity contribution in [2.75, 3.05) is 0 Å². The van der Waals surface area contributed by atoms with Crippen molar-refractivity contribution in [2.24, 2.45) is 0 Å². The van der Waals surface area contributed by atoms with Gasteiger partial charge in [-0.3, -0.25) is 9.78 Å². The van der Waals surface area contributed by atoms with Crippen LogP contribution in [0.3, 0.4) is 0 Å². The van der Waals surface area contributed by atoms with Crippen molar-refractivity contribution in [3.8, 4) is 6.07 Å². The summed E-state index contributed by atoms with van der Waals surface area (Å²) in [6.45, 7) is 2.07. The molecule has 112 valence electrons. The molecule has 4 nitrogen and oxygen atoms in total. The monoisotopic (exact) mass is 301 g/mol. The van der Waals surface area contributed by atoms with E-state index in [1.807, 2.05) is 30.3 Å². The van der Waals surface area contributed by atoms with E-state index in [4.69, 9.17) is 0 Å². The molecule has 0 fully saturated rings. The fourth-order valence-electron chi connectivity index (χ4n) is 2.62. The summed E-state index contributed by atoms with van der Waals surface area (Å²) >= 11 is 0. The van der Waals surface area contributed by atoms with Crippen LogP contribution in [0.2, 0.25) is 0 Å². The summed E-state index contributed by atoms with van der Waals surface area (Å²) in [4.78, 5) is 19.9. The van der Waals surface area contributed by atoms with Gasteiger partial charge in [0.1, 0.15) is 11.6 Å². The number of fused-ring (bicyclic) bond motifs is 1. The number of aromatic amines is 1. The van der Waals surface area contributed by atoms with Gasteiger partial charge in [-0.05, 0) is 29.7 Å². The van der Waals surface area contributed by atoms with E-state index in [0.717, 1.165) is 28.5 Å². The Labute approximate surface area is 134 Å². The molecule has 23 heavy (non-hydrogen) atoms. The molecular formula is C19H15N3O. The zero-order valence-electron chi connectivity index (χ0n) is 12.7. The lowest BCUT2D eigenvalue weighted by molar-refractivity contribution is 0.104. The summed E-state index contributed by atoms with van der Waals surface area (Å²) in [7, 11) is 0. The Kier molecular flexibility index (Phi) is 4.03. The molecule has 0 radical (unpaired) electrons. The van der Waals surface area contributed by atoms with Crippen molar-refractivity contribution in [3.05, 3.63) is 71.2 Å². The van der Waals surface area contributed by atoms with Crippen molar-refractivity contribution in [3.63, 3.8) is 0 Å². The standard InChI is InChI=1S/C19H15N3O/c1-2-14-6-3-7-16-17(12-22-18(14)16)19(23)15(10-20)9-13-5-4-8-21-11-13/h3-9,11-12,22H,2H2,1H3. The number of pyridine rings is 1. The number of aryl methyl sites for hydroxylation is 1. The number of ketones is 1. The number of carbonyl (C=O) groups is 1. The summed E-state index contributed by atoms with van der Waals surface area (Å²) in [5.74, 6) is -0.282. The van der Waals surface area contributed by atoms with E-state index in [2.05, 4.69) is 16.9 Å². The fraction of sp³-hybridized carbons (Fsp3) is 0.105. The molecule has 0 saturated heterocycles. The van der Waals surface area contributed by atoms with E-state index >= 15 is 0 Å². The van der Waals surface area contributed by atoms with Gasteiger partial charge >= 0.3 is 0 Å². The molecule has 3 rings (SSSR count). The number of rotatable bonds is 4. The number of H-pyrrole nitrogens is 1. The van der Waals surface area contributed by atoms with Crippen LogP contribution in [0, 0.1) is 11.3 Å². The van der Waals surface area contributed by atoms with E-state index in [0.29, 0.717) is 5.56 Å². The Balaban J connectivity index is 2.06. The van der Waals surface area contributed by atoms with Crippen LogP contribution < -0.4 is 0 Å². The lowest BCUT2D eigenvalue weighted by Gasteiger charge is -2.01. The Morgan fingerprint density at radius 1 is 1.35 bits per heavy atom. The van der Waals surface area contributed by atoms with Gasteiger partial charge in [-0.15, -0.1) is 0 Å². The van der Waals surface area contributed by atoms with Crippen molar-refractivity contribution >= 4 is 22.8 Å². The molecule has 1 N–H and O–H groups in total. The number of allylic oxidation sites excluding steroid dienone is 1. The second-order valence-electron chi connectivity index (χ2n) is 5.18. The molecule has 0 spiro atoms. The Hall–Kier alpha value is -3.19. The SMILES string of the molecule is CCc1cccc2c(C(=O)C(C#N)=Cc3cccnc3)c[nH]c12. The first kappa shape index (κ1) is 14.7. The Bertz CT molecular complexity index is 930. The summed E-state index contributed by atoms with van der Waals surface area (Å²) in [5.41, 5.74) is 3.45. The number of nitriles is 1. The van der Waals surface area contributed by atoms with Gasteiger partial charge in [-0.2, -0.15) is 5.26 Å². The van der Waals surface area contributed by atoms with E-state index in [9.17, 15) is 10.1 Å². The number of nitrogens with zero attached hydrogens (tertiary/aromatic N) is 2. The number of nitrogens with one attached hydrogen (secondary N) is 1. The van der Waals surface area contributed by atoms with Crippen LogP contribution >= 0.6 is 0 Å². The van der Waals surface area contributed by atoms with Gasteiger partial charge in [0.15, 0.2) is 0 Å². The predicted molar refractivity (Wildman–Crippen MR) is 89.8 cm³/mol. The summed E-state index contributed by atoms with van der Waals surface area (Å²) < 4.78 is 0. The summed E-state index contributed by atoms with van der Waals surface area (Å²) in [6, 6.07) is 11.4. The molecule has 3 aromatic rings. The molecule has 0 saturated carbocycles.